The van der Waals surface area contributed by atoms with Crippen LogP contribution in [0.2, 0.25) is 0 Å². The van der Waals surface area contributed by atoms with Gasteiger partial charge in [0, 0.05) is 36.0 Å². The molecule has 0 spiro atoms. The van der Waals surface area contributed by atoms with Crippen molar-refractivity contribution in [1.29, 1.82) is 0 Å². The fourth-order valence-electron chi connectivity index (χ4n) is 3.08. The largest absolute Gasteiger partial charge is 0.489 e. The first-order valence-corrected chi connectivity index (χ1v) is 11.7. The second-order valence-electron chi connectivity index (χ2n) is 7.56. The molecule has 0 atom stereocenters. The summed E-state index contributed by atoms with van der Waals surface area (Å²) in [7, 11) is 0. The van der Waals surface area contributed by atoms with Gasteiger partial charge in [-0.05, 0) is 54.5 Å². The molecule has 0 aliphatic carbocycles. The van der Waals surface area contributed by atoms with Crippen molar-refractivity contribution in [1.82, 2.24) is 15.3 Å². The predicted octanol–water partition coefficient (Wildman–Crippen LogP) is 5.33. The van der Waals surface area contributed by atoms with E-state index in [0.717, 1.165) is 38.9 Å². The van der Waals surface area contributed by atoms with Gasteiger partial charge in [-0.3, -0.25) is 9.78 Å². The molecule has 4 aromatic rings. The molecule has 7 heteroatoms. The van der Waals surface area contributed by atoms with Gasteiger partial charge in [-0.25, -0.2) is 4.98 Å². The van der Waals surface area contributed by atoms with Gasteiger partial charge in [-0.15, -0.1) is 11.3 Å². The van der Waals surface area contributed by atoms with Crippen molar-refractivity contribution in [2.75, 3.05) is 0 Å². The molecule has 0 aliphatic heterocycles. The average molecular weight is 472 g/mol. The van der Waals surface area contributed by atoms with Crippen LogP contribution in [0.4, 0.5) is 0 Å². The zero-order valence-corrected chi connectivity index (χ0v) is 19.6. The Bertz CT molecular complexity index is 1220. The highest BCUT2D eigenvalue weighted by atomic mass is 32.1. The summed E-state index contributed by atoms with van der Waals surface area (Å²) in [6.07, 6.45) is 6.82. The summed E-state index contributed by atoms with van der Waals surface area (Å²) in [4.78, 5) is 20.6. The number of carbonyl (C=O) groups is 1. The van der Waals surface area contributed by atoms with Gasteiger partial charge in [0.1, 0.15) is 24.7 Å². The molecule has 0 saturated heterocycles. The first-order chi connectivity index (χ1) is 16.6. The number of hydrogen-bond donors (Lipinski definition) is 1. The zero-order valence-electron chi connectivity index (χ0n) is 18.8. The molecular formula is C27H25N3O3S. The lowest BCUT2D eigenvalue weighted by Gasteiger charge is -2.07. The molecular weight excluding hydrogens is 446 g/mol. The maximum absolute atomic E-state index is 12.2. The highest BCUT2D eigenvalue weighted by molar-refractivity contribution is 7.09. The number of hydrogen-bond acceptors (Lipinski definition) is 6. The first kappa shape index (κ1) is 23.2. The summed E-state index contributed by atoms with van der Waals surface area (Å²) < 4.78 is 11.5. The number of rotatable bonds is 10. The Labute approximate surface area is 202 Å². The molecule has 0 bridgehead atoms. The number of aryl methyl sites for hydroxylation is 1. The van der Waals surface area contributed by atoms with Gasteiger partial charge in [0.15, 0.2) is 0 Å². The van der Waals surface area contributed by atoms with Crippen LogP contribution in [0.1, 0.15) is 27.4 Å². The molecule has 0 fully saturated rings. The van der Waals surface area contributed by atoms with E-state index in [1.165, 1.54) is 6.08 Å². The van der Waals surface area contributed by atoms with Crippen molar-refractivity contribution in [3.05, 3.63) is 112 Å². The molecule has 2 heterocycles. The van der Waals surface area contributed by atoms with Crippen LogP contribution in [0.5, 0.6) is 11.5 Å². The number of amides is 1. The molecule has 1 N–H and O–H groups in total. The molecule has 2 aromatic carbocycles. The van der Waals surface area contributed by atoms with Crippen molar-refractivity contribution in [2.24, 2.45) is 0 Å². The predicted molar refractivity (Wildman–Crippen MR) is 134 cm³/mol. The van der Waals surface area contributed by atoms with E-state index in [0.29, 0.717) is 19.8 Å². The van der Waals surface area contributed by atoms with Gasteiger partial charge < -0.3 is 14.8 Å². The number of nitrogens with one attached hydrogen (secondary N) is 1. The van der Waals surface area contributed by atoms with Crippen molar-refractivity contribution in [3.63, 3.8) is 0 Å². The van der Waals surface area contributed by atoms with Crippen molar-refractivity contribution in [2.45, 2.75) is 26.7 Å². The summed E-state index contributed by atoms with van der Waals surface area (Å²) in [5, 5.41) is 5.92. The van der Waals surface area contributed by atoms with Gasteiger partial charge in [-0.1, -0.05) is 30.3 Å². The molecule has 34 heavy (non-hydrogen) atoms. The minimum Gasteiger partial charge on any atom is -0.489 e. The number of carbonyl (C=O) groups excluding carboxylic acids is 1. The summed E-state index contributed by atoms with van der Waals surface area (Å²) >= 11 is 1.61. The monoisotopic (exact) mass is 471 g/mol. The van der Waals surface area contributed by atoms with E-state index in [2.05, 4.69) is 15.3 Å². The van der Waals surface area contributed by atoms with Gasteiger partial charge in [0.25, 0.3) is 0 Å². The standard InChI is InChI=1S/C27H25N3O3S/c1-20-30-24(19-34-20)18-33-26-9-4-21(5-10-26)8-13-27(31)29-16-22-6-11-25(12-7-22)32-17-23-3-2-14-28-15-23/h2-15,19H,16-18H2,1H3,(H,29,31)/b13-8+. The minimum absolute atomic E-state index is 0.156. The third-order valence-electron chi connectivity index (χ3n) is 4.88. The molecule has 0 unspecified atom stereocenters. The molecule has 1 amide bonds. The number of thiazole rings is 1. The second-order valence-corrected chi connectivity index (χ2v) is 8.62. The number of pyridine rings is 1. The van der Waals surface area contributed by atoms with E-state index in [4.69, 9.17) is 9.47 Å². The summed E-state index contributed by atoms with van der Waals surface area (Å²) in [5.41, 5.74) is 3.85. The van der Waals surface area contributed by atoms with Crippen LogP contribution >= 0.6 is 11.3 Å². The highest BCUT2D eigenvalue weighted by Gasteiger charge is 2.02. The minimum atomic E-state index is -0.156. The summed E-state index contributed by atoms with van der Waals surface area (Å²) in [5.74, 6) is 1.38. The Hall–Kier alpha value is -3.97. The molecule has 0 saturated carbocycles. The van der Waals surface area contributed by atoms with Gasteiger partial charge in [0.2, 0.25) is 5.91 Å². The fourth-order valence-corrected chi connectivity index (χ4v) is 3.68. The highest BCUT2D eigenvalue weighted by Crippen LogP contribution is 2.17. The molecule has 0 radical (unpaired) electrons. The molecule has 2 aromatic heterocycles. The van der Waals surface area contributed by atoms with E-state index in [1.54, 1.807) is 29.8 Å². The van der Waals surface area contributed by atoms with Gasteiger partial charge in [-0.2, -0.15) is 0 Å². The van der Waals surface area contributed by atoms with Crippen LogP contribution in [0.3, 0.4) is 0 Å². The van der Waals surface area contributed by atoms with E-state index in [-0.39, 0.29) is 5.91 Å². The SMILES string of the molecule is Cc1nc(COc2ccc(/C=C/C(=O)NCc3ccc(OCc4cccnc4)cc3)cc2)cs1. The fraction of sp³-hybridized carbons (Fsp3) is 0.148. The molecule has 4 rings (SSSR count). The molecule has 172 valence electrons. The number of benzene rings is 2. The van der Waals surface area contributed by atoms with Crippen LogP contribution < -0.4 is 14.8 Å². The first-order valence-electron chi connectivity index (χ1n) is 10.8. The number of nitrogens with zero attached hydrogens (tertiary/aromatic N) is 2. The maximum Gasteiger partial charge on any atom is 0.244 e. The summed E-state index contributed by atoms with van der Waals surface area (Å²) in [6.45, 7) is 3.32. The van der Waals surface area contributed by atoms with Crippen LogP contribution in [-0.4, -0.2) is 15.9 Å². The quantitative estimate of drug-likeness (QED) is 0.316. The average Bonchev–Trinajstić information content (AvgIpc) is 3.30. The lowest BCUT2D eigenvalue weighted by molar-refractivity contribution is -0.116. The Morgan fingerprint density at radius 3 is 2.38 bits per heavy atom. The van der Waals surface area contributed by atoms with Crippen molar-refractivity contribution in [3.8, 4) is 11.5 Å². The number of ether oxygens (including phenoxy) is 2. The van der Waals surface area contributed by atoms with Gasteiger partial charge >= 0.3 is 0 Å². The third kappa shape index (κ3) is 7.28. The molecule has 6 nitrogen and oxygen atoms in total. The lowest BCUT2D eigenvalue weighted by atomic mass is 10.2. The summed E-state index contributed by atoms with van der Waals surface area (Å²) in [6, 6.07) is 19.1. The van der Waals surface area contributed by atoms with E-state index in [9.17, 15) is 4.79 Å². The van der Waals surface area contributed by atoms with E-state index < -0.39 is 0 Å². The van der Waals surface area contributed by atoms with Crippen molar-refractivity contribution >= 4 is 23.3 Å². The molecule has 0 aliphatic rings. The zero-order chi connectivity index (χ0) is 23.6. The maximum atomic E-state index is 12.2. The Morgan fingerprint density at radius 2 is 1.71 bits per heavy atom. The lowest BCUT2D eigenvalue weighted by Crippen LogP contribution is -2.20. The van der Waals surface area contributed by atoms with Crippen LogP contribution in [-0.2, 0) is 24.6 Å². The van der Waals surface area contributed by atoms with Gasteiger partial charge in [0.05, 0.1) is 10.7 Å². The van der Waals surface area contributed by atoms with Crippen LogP contribution in [0.15, 0.2) is 84.5 Å². The normalized spacial score (nSPS) is 10.9. The topological polar surface area (TPSA) is 73.3 Å². The van der Waals surface area contributed by atoms with E-state index in [1.807, 2.05) is 73.0 Å². The van der Waals surface area contributed by atoms with Crippen molar-refractivity contribution < 1.29 is 14.3 Å². The van der Waals surface area contributed by atoms with Crippen LogP contribution in [0.25, 0.3) is 6.08 Å². The third-order valence-corrected chi connectivity index (χ3v) is 5.70. The number of aromatic nitrogens is 2. The van der Waals surface area contributed by atoms with E-state index >= 15 is 0 Å². The Kier molecular flexibility index (Phi) is 8.03. The second kappa shape index (κ2) is 11.8. The smallest absolute Gasteiger partial charge is 0.244 e. The Morgan fingerprint density at radius 1 is 0.971 bits per heavy atom. The Balaban J connectivity index is 1.19. The van der Waals surface area contributed by atoms with Crippen LogP contribution in [0, 0.1) is 6.92 Å².